The van der Waals surface area contributed by atoms with E-state index in [2.05, 4.69) is 10.3 Å². The van der Waals surface area contributed by atoms with Crippen LogP contribution < -0.4 is 10.9 Å². The van der Waals surface area contributed by atoms with Crippen molar-refractivity contribution in [2.75, 3.05) is 5.32 Å². The molecular weight excluding hydrogens is 484 g/mol. The number of hydrogen-bond acceptors (Lipinski definition) is 5. The number of hydrogen-bond donors (Lipinski definition) is 1. The number of anilines is 1. The van der Waals surface area contributed by atoms with Crippen molar-refractivity contribution in [3.05, 3.63) is 88.3 Å². The minimum absolute atomic E-state index is 0. The Bertz CT molecular complexity index is 1090. The molecule has 1 heterocycles. The van der Waals surface area contributed by atoms with E-state index in [1.54, 1.807) is 0 Å². The van der Waals surface area contributed by atoms with Gasteiger partial charge in [-0.25, -0.2) is 9.37 Å². The van der Waals surface area contributed by atoms with Crippen molar-refractivity contribution in [3.63, 3.8) is 0 Å². The molecule has 0 saturated carbocycles. The SMILES string of the molecule is [NH-]C(=O)Cn1c(-c2ccc(F)cc2)ncc(NC(=O)SCc2ccccc2)c1=O.[Y+3]. The summed E-state index contributed by atoms with van der Waals surface area (Å²) in [4.78, 5) is 40.4. The van der Waals surface area contributed by atoms with Gasteiger partial charge in [-0.1, -0.05) is 42.1 Å². The molecule has 3 rings (SSSR count). The largest absolute Gasteiger partial charge is 3.00 e. The van der Waals surface area contributed by atoms with Crippen LogP contribution in [-0.2, 0) is 49.8 Å². The average molecular weight is 500 g/mol. The summed E-state index contributed by atoms with van der Waals surface area (Å²) in [6.45, 7) is -0.542. The maximum Gasteiger partial charge on any atom is 3.00 e. The maximum absolute atomic E-state index is 13.2. The van der Waals surface area contributed by atoms with Crippen molar-refractivity contribution in [3.8, 4) is 11.4 Å². The standard InChI is InChI=1S/C20H17FN4O3S.Y/c21-15-8-6-14(7-9-15)18-23-10-16(19(27)25(18)11-17(22)26)24-20(28)29-12-13-4-2-1-3-5-13;/h1-10H,11-12H2,(H3,22,24,26,28);/q;+3/p-1. The van der Waals surface area contributed by atoms with Crippen LogP contribution in [0.25, 0.3) is 17.1 Å². The van der Waals surface area contributed by atoms with Gasteiger partial charge in [0, 0.05) is 11.3 Å². The van der Waals surface area contributed by atoms with Gasteiger partial charge in [0.25, 0.3) is 10.8 Å². The van der Waals surface area contributed by atoms with Crippen molar-refractivity contribution in [1.29, 1.82) is 0 Å². The van der Waals surface area contributed by atoms with E-state index in [4.69, 9.17) is 5.73 Å². The topological polar surface area (TPSA) is 105 Å². The van der Waals surface area contributed by atoms with E-state index >= 15 is 0 Å². The van der Waals surface area contributed by atoms with Crippen LogP contribution in [0, 0.1) is 5.82 Å². The van der Waals surface area contributed by atoms with Crippen LogP contribution in [0.4, 0.5) is 14.9 Å². The quantitative estimate of drug-likeness (QED) is 0.549. The molecule has 0 fully saturated rings. The molecule has 0 aliphatic carbocycles. The van der Waals surface area contributed by atoms with Crippen molar-refractivity contribution >= 4 is 28.6 Å². The van der Waals surface area contributed by atoms with Gasteiger partial charge < -0.3 is 15.8 Å². The van der Waals surface area contributed by atoms with Crippen molar-refractivity contribution in [1.82, 2.24) is 9.55 Å². The fourth-order valence-electron chi connectivity index (χ4n) is 2.57. The predicted octanol–water partition coefficient (Wildman–Crippen LogP) is 4.09. The Hall–Kier alpha value is -2.36. The first kappa shape index (κ1) is 23.9. The van der Waals surface area contributed by atoms with E-state index in [1.807, 2.05) is 30.3 Å². The average Bonchev–Trinajstić information content (AvgIpc) is 2.71. The molecule has 0 aliphatic heterocycles. The molecule has 0 unspecified atom stereocenters. The number of aromatic nitrogens is 2. The first-order chi connectivity index (χ1) is 13.9. The second-order valence-corrected chi connectivity index (χ2v) is 6.95. The molecule has 30 heavy (non-hydrogen) atoms. The number of thioether (sulfide) groups is 1. The van der Waals surface area contributed by atoms with Gasteiger partial charge in [0.15, 0.2) is 0 Å². The van der Waals surface area contributed by atoms with Gasteiger partial charge in [-0.3, -0.25) is 14.2 Å². The monoisotopic (exact) mass is 500 g/mol. The molecule has 0 spiro atoms. The molecule has 0 radical (unpaired) electrons. The summed E-state index contributed by atoms with van der Waals surface area (Å²) in [7, 11) is 0. The third kappa shape index (κ3) is 6.32. The van der Waals surface area contributed by atoms with E-state index in [1.165, 1.54) is 30.5 Å². The van der Waals surface area contributed by atoms with Gasteiger partial charge in [0.2, 0.25) is 0 Å². The number of amides is 2. The van der Waals surface area contributed by atoms with Crippen molar-refractivity contribution in [2.45, 2.75) is 12.3 Å². The zero-order chi connectivity index (χ0) is 20.8. The Balaban J connectivity index is 0.00000320. The summed E-state index contributed by atoms with van der Waals surface area (Å²) in [5, 5.41) is 2.02. The van der Waals surface area contributed by atoms with Crippen LogP contribution >= 0.6 is 11.8 Å². The van der Waals surface area contributed by atoms with Crippen molar-refractivity contribution < 1.29 is 46.7 Å². The minimum Gasteiger partial charge on any atom is -0.666 e. The van der Waals surface area contributed by atoms with Crippen LogP contribution in [0.15, 0.2) is 65.6 Å². The fraction of sp³-hybridized carbons (Fsp3) is 0.100. The molecule has 0 saturated heterocycles. The Labute approximate surface area is 201 Å². The van der Waals surface area contributed by atoms with Gasteiger partial charge in [0.1, 0.15) is 17.3 Å². The van der Waals surface area contributed by atoms with Crippen LogP contribution in [0.1, 0.15) is 5.56 Å². The molecule has 0 bridgehead atoms. The van der Waals surface area contributed by atoms with Crippen LogP contribution in [0.5, 0.6) is 0 Å². The maximum atomic E-state index is 13.2. The van der Waals surface area contributed by atoms with Crippen LogP contribution in [-0.4, -0.2) is 20.7 Å². The first-order valence-electron chi connectivity index (χ1n) is 8.52. The van der Waals surface area contributed by atoms with E-state index in [0.29, 0.717) is 11.3 Å². The third-order valence-corrected chi connectivity index (χ3v) is 4.74. The van der Waals surface area contributed by atoms with Gasteiger partial charge in [-0.2, -0.15) is 0 Å². The molecule has 148 valence electrons. The molecule has 2 aromatic carbocycles. The zero-order valence-electron chi connectivity index (χ0n) is 15.7. The van der Waals surface area contributed by atoms with Crippen molar-refractivity contribution in [2.24, 2.45) is 0 Å². The number of rotatable bonds is 6. The molecule has 0 aliphatic rings. The fourth-order valence-corrected chi connectivity index (χ4v) is 3.24. The van der Waals surface area contributed by atoms with Gasteiger partial charge >= 0.3 is 32.7 Å². The number of nitrogens with one attached hydrogen (secondary N) is 2. The Morgan fingerprint density at radius 2 is 1.77 bits per heavy atom. The number of benzene rings is 2. The summed E-state index contributed by atoms with van der Waals surface area (Å²) >= 11 is 0.983. The number of nitrogens with zero attached hydrogens (tertiary/aromatic N) is 2. The van der Waals surface area contributed by atoms with Gasteiger partial charge in [0.05, 0.1) is 18.6 Å². The summed E-state index contributed by atoms with van der Waals surface area (Å²) < 4.78 is 14.2. The molecule has 0 atom stereocenters. The predicted molar refractivity (Wildman–Crippen MR) is 110 cm³/mol. The summed E-state index contributed by atoms with van der Waals surface area (Å²) in [5.41, 5.74) is 7.78. The van der Waals surface area contributed by atoms with Gasteiger partial charge in [-0.05, 0) is 29.8 Å². The first-order valence-corrected chi connectivity index (χ1v) is 9.50. The Morgan fingerprint density at radius 1 is 1.10 bits per heavy atom. The smallest absolute Gasteiger partial charge is 0.666 e. The van der Waals surface area contributed by atoms with Crippen LogP contribution in [0.3, 0.4) is 0 Å². The van der Waals surface area contributed by atoms with E-state index in [9.17, 15) is 18.8 Å². The number of carbonyl (C=O) groups excluding carboxylic acids is 2. The summed E-state index contributed by atoms with van der Waals surface area (Å²) in [6, 6.07) is 14.6. The molecular formula is C20H16FN4O3SY+2. The Kier molecular flexibility index (Phi) is 8.89. The Morgan fingerprint density at radius 3 is 2.40 bits per heavy atom. The molecule has 10 heteroatoms. The normalized spacial score (nSPS) is 10.2. The van der Waals surface area contributed by atoms with E-state index in [-0.39, 0.29) is 44.2 Å². The summed E-state index contributed by atoms with van der Waals surface area (Å²) in [5.74, 6) is -0.934. The third-order valence-electron chi connectivity index (χ3n) is 3.90. The van der Waals surface area contributed by atoms with Gasteiger partial charge in [-0.15, -0.1) is 0 Å². The summed E-state index contributed by atoms with van der Waals surface area (Å²) in [6.07, 6.45) is 1.19. The van der Waals surface area contributed by atoms with E-state index < -0.39 is 29.1 Å². The molecule has 3 aromatic rings. The molecule has 7 nitrogen and oxygen atoms in total. The molecule has 2 amide bonds. The molecule has 2 N–H and O–H groups in total. The second-order valence-electron chi connectivity index (χ2n) is 6.00. The van der Waals surface area contributed by atoms with E-state index in [0.717, 1.165) is 21.9 Å². The number of halogens is 1. The minimum atomic E-state index is -1.00. The van der Waals surface area contributed by atoms with Crippen LogP contribution in [0.2, 0.25) is 0 Å². The second kappa shape index (κ2) is 11.1. The molecule has 1 aromatic heterocycles. The zero-order valence-corrected chi connectivity index (χ0v) is 19.3. The number of carbonyl (C=O) groups is 2.